The molecular weight excluding hydrogens is 302 g/mol. The number of amides is 1. The zero-order chi connectivity index (χ0) is 17.2. The molecule has 1 atom stereocenters. The second-order valence-electron chi connectivity index (χ2n) is 6.00. The van der Waals surface area contributed by atoms with Gasteiger partial charge in [0.1, 0.15) is 0 Å². The second kappa shape index (κ2) is 6.39. The molecule has 0 bridgehead atoms. The van der Waals surface area contributed by atoms with Gasteiger partial charge in [-0.2, -0.15) is 0 Å². The van der Waals surface area contributed by atoms with Crippen LogP contribution in [0.5, 0.6) is 0 Å². The van der Waals surface area contributed by atoms with E-state index >= 15 is 0 Å². The molecule has 0 radical (unpaired) electrons. The number of unbranched alkanes of at least 4 members (excludes halogenated alkanes) is 1. The quantitative estimate of drug-likeness (QED) is 0.915. The number of guanidine groups is 1. The first-order chi connectivity index (χ1) is 11.6. The number of nitrogens with two attached hydrogens (primary N) is 1. The highest BCUT2D eigenvalue weighted by Gasteiger charge is 2.47. The van der Waals surface area contributed by atoms with Crippen LogP contribution in [0, 0.1) is 0 Å². The number of aliphatic imine (C=N–C) groups is 1. The summed E-state index contributed by atoms with van der Waals surface area (Å²) in [6.45, 7) is 2.09. The smallest absolute Gasteiger partial charge is 0.261 e. The minimum absolute atomic E-state index is 0.0985. The summed E-state index contributed by atoms with van der Waals surface area (Å²) in [6, 6.07) is 5.81. The fraction of sp³-hybridized carbons (Fsp3) is 0.333. The van der Waals surface area contributed by atoms with Gasteiger partial charge in [0.15, 0.2) is 11.5 Å². The van der Waals surface area contributed by atoms with Crippen molar-refractivity contribution in [2.45, 2.75) is 31.7 Å². The predicted octanol–water partition coefficient (Wildman–Crippen LogP) is 2.32. The number of pyridine rings is 2. The third-order valence-electron chi connectivity index (χ3n) is 4.41. The van der Waals surface area contributed by atoms with Crippen molar-refractivity contribution in [3.05, 3.63) is 48.5 Å². The molecule has 0 saturated carbocycles. The summed E-state index contributed by atoms with van der Waals surface area (Å²) in [5.74, 6) is 0.154. The predicted molar refractivity (Wildman–Crippen MR) is 93.1 cm³/mol. The Morgan fingerprint density at radius 2 is 2.00 bits per heavy atom. The molecule has 24 heavy (non-hydrogen) atoms. The molecule has 0 fully saturated rings. The second-order valence-corrected chi connectivity index (χ2v) is 6.00. The van der Waals surface area contributed by atoms with Crippen molar-refractivity contribution in [1.82, 2.24) is 14.9 Å². The minimum atomic E-state index is -0.972. The lowest BCUT2D eigenvalue weighted by atomic mass is 9.85. The average Bonchev–Trinajstić information content (AvgIpc) is 2.85. The van der Waals surface area contributed by atoms with E-state index in [4.69, 9.17) is 5.73 Å². The fourth-order valence-corrected chi connectivity index (χ4v) is 2.99. The van der Waals surface area contributed by atoms with Crippen LogP contribution in [-0.4, -0.2) is 33.8 Å². The van der Waals surface area contributed by atoms with Crippen molar-refractivity contribution in [1.29, 1.82) is 0 Å². The van der Waals surface area contributed by atoms with E-state index in [1.165, 1.54) is 4.90 Å². The Morgan fingerprint density at radius 1 is 1.21 bits per heavy atom. The van der Waals surface area contributed by atoms with Crippen LogP contribution < -0.4 is 5.73 Å². The van der Waals surface area contributed by atoms with E-state index in [2.05, 4.69) is 21.9 Å². The molecule has 6 nitrogen and oxygen atoms in total. The van der Waals surface area contributed by atoms with Gasteiger partial charge in [-0.05, 0) is 18.6 Å². The van der Waals surface area contributed by atoms with Gasteiger partial charge in [0.2, 0.25) is 0 Å². The van der Waals surface area contributed by atoms with Crippen LogP contribution in [0.1, 0.15) is 31.7 Å². The molecule has 1 aliphatic heterocycles. The molecule has 1 aliphatic rings. The molecular formula is C18H21N5O. The maximum Gasteiger partial charge on any atom is 0.261 e. The van der Waals surface area contributed by atoms with Crippen LogP contribution in [0.3, 0.4) is 0 Å². The Bertz CT molecular complexity index is 774. The Hall–Kier alpha value is -2.76. The standard InChI is InChI=1S/C18H21N5O/c1-3-4-7-18(16(24)23(2)17(19)22-18)15-9-14(11-21-12-15)13-6-5-8-20-10-13/h5-6,8-12H,3-4,7H2,1-2H3,(H2,19,22). The summed E-state index contributed by atoms with van der Waals surface area (Å²) in [4.78, 5) is 27.3. The molecule has 6 heteroatoms. The first kappa shape index (κ1) is 16.1. The third kappa shape index (κ3) is 2.64. The van der Waals surface area contributed by atoms with Crippen molar-refractivity contribution >= 4 is 11.9 Å². The number of rotatable bonds is 5. The van der Waals surface area contributed by atoms with Gasteiger partial charge in [0.25, 0.3) is 5.91 Å². The van der Waals surface area contributed by atoms with Gasteiger partial charge < -0.3 is 5.73 Å². The largest absolute Gasteiger partial charge is 0.369 e. The Morgan fingerprint density at radius 3 is 2.62 bits per heavy atom. The van der Waals surface area contributed by atoms with Gasteiger partial charge in [-0.1, -0.05) is 25.8 Å². The summed E-state index contributed by atoms with van der Waals surface area (Å²) >= 11 is 0. The molecule has 0 saturated heterocycles. The SMILES string of the molecule is CCCCC1(c2cncc(-c3cccnc3)c2)N=C(N)N(C)C1=O. The van der Waals surface area contributed by atoms with Gasteiger partial charge >= 0.3 is 0 Å². The number of nitrogens with zero attached hydrogens (tertiary/aromatic N) is 4. The van der Waals surface area contributed by atoms with Gasteiger partial charge in [0.05, 0.1) is 0 Å². The number of carbonyl (C=O) groups is 1. The van der Waals surface area contributed by atoms with Gasteiger partial charge in [-0.25, -0.2) is 4.99 Å². The summed E-state index contributed by atoms with van der Waals surface area (Å²) in [5, 5.41) is 0. The Labute approximate surface area is 141 Å². The van der Waals surface area contributed by atoms with Crippen LogP contribution in [0.25, 0.3) is 11.1 Å². The van der Waals surface area contributed by atoms with Crippen LogP contribution in [0.15, 0.2) is 48.0 Å². The van der Waals surface area contributed by atoms with E-state index < -0.39 is 5.54 Å². The van der Waals surface area contributed by atoms with Crippen molar-refractivity contribution < 1.29 is 4.79 Å². The highest BCUT2D eigenvalue weighted by Crippen LogP contribution is 2.38. The van der Waals surface area contributed by atoms with Crippen LogP contribution in [0.2, 0.25) is 0 Å². The van der Waals surface area contributed by atoms with Crippen LogP contribution in [-0.2, 0) is 10.3 Å². The van der Waals surface area contributed by atoms with Gasteiger partial charge in [-0.3, -0.25) is 19.7 Å². The summed E-state index contributed by atoms with van der Waals surface area (Å²) < 4.78 is 0. The normalized spacial score (nSPS) is 20.3. The number of likely N-dealkylation sites (N-methyl/N-ethyl adjacent to an activating group) is 1. The number of aromatic nitrogens is 2. The van der Waals surface area contributed by atoms with E-state index in [0.717, 1.165) is 29.5 Å². The summed E-state index contributed by atoms with van der Waals surface area (Å²) in [6.07, 6.45) is 9.46. The highest BCUT2D eigenvalue weighted by atomic mass is 16.2. The number of carbonyl (C=O) groups excluding carboxylic acids is 1. The lowest BCUT2D eigenvalue weighted by Crippen LogP contribution is -2.40. The Kier molecular flexibility index (Phi) is 4.29. The molecule has 1 amide bonds. The molecule has 124 valence electrons. The van der Waals surface area contributed by atoms with Crippen molar-refractivity contribution in [3.63, 3.8) is 0 Å². The molecule has 0 aromatic carbocycles. The lowest BCUT2D eigenvalue weighted by Gasteiger charge is -2.25. The van der Waals surface area contributed by atoms with Gasteiger partial charge in [0, 0.05) is 48.5 Å². The van der Waals surface area contributed by atoms with Crippen LogP contribution >= 0.6 is 0 Å². The molecule has 3 rings (SSSR count). The maximum absolute atomic E-state index is 12.9. The first-order valence-corrected chi connectivity index (χ1v) is 8.08. The number of hydrogen-bond acceptors (Lipinski definition) is 5. The molecule has 0 spiro atoms. The molecule has 2 N–H and O–H groups in total. The summed E-state index contributed by atoms with van der Waals surface area (Å²) in [5.41, 5.74) is 7.59. The zero-order valence-electron chi connectivity index (χ0n) is 13.9. The minimum Gasteiger partial charge on any atom is -0.369 e. The van der Waals surface area contributed by atoms with Crippen molar-refractivity contribution in [2.24, 2.45) is 10.7 Å². The van der Waals surface area contributed by atoms with E-state index in [1.807, 2.05) is 18.2 Å². The van der Waals surface area contributed by atoms with Crippen molar-refractivity contribution in [2.75, 3.05) is 7.05 Å². The molecule has 2 aromatic rings. The van der Waals surface area contributed by atoms with E-state index in [1.54, 1.807) is 31.8 Å². The summed E-state index contributed by atoms with van der Waals surface area (Å²) in [7, 11) is 1.66. The van der Waals surface area contributed by atoms with Crippen molar-refractivity contribution in [3.8, 4) is 11.1 Å². The fourth-order valence-electron chi connectivity index (χ4n) is 2.99. The van der Waals surface area contributed by atoms with E-state index in [0.29, 0.717) is 6.42 Å². The monoisotopic (exact) mass is 323 g/mol. The molecule has 0 aliphatic carbocycles. The van der Waals surface area contributed by atoms with E-state index in [-0.39, 0.29) is 11.9 Å². The topological polar surface area (TPSA) is 84.5 Å². The molecule has 1 unspecified atom stereocenters. The Balaban J connectivity index is 2.08. The molecule has 3 heterocycles. The third-order valence-corrected chi connectivity index (χ3v) is 4.41. The lowest BCUT2D eigenvalue weighted by molar-refractivity contribution is -0.130. The zero-order valence-corrected chi connectivity index (χ0v) is 13.9. The van der Waals surface area contributed by atoms with Crippen LogP contribution in [0.4, 0.5) is 0 Å². The average molecular weight is 323 g/mol. The number of hydrogen-bond donors (Lipinski definition) is 1. The van der Waals surface area contributed by atoms with E-state index in [9.17, 15) is 4.79 Å². The van der Waals surface area contributed by atoms with Gasteiger partial charge in [-0.15, -0.1) is 0 Å². The first-order valence-electron chi connectivity index (χ1n) is 8.08. The molecule has 2 aromatic heterocycles. The highest BCUT2D eigenvalue weighted by molar-refractivity contribution is 6.06. The maximum atomic E-state index is 12.9.